The number of rotatable bonds is 3. The largest absolute Gasteiger partial charge is 0.478 e. The van der Waals surface area contributed by atoms with Gasteiger partial charge in [-0.3, -0.25) is 0 Å². The van der Waals surface area contributed by atoms with E-state index in [0.29, 0.717) is 6.54 Å². The van der Waals surface area contributed by atoms with Crippen molar-refractivity contribution in [2.45, 2.75) is 30.0 Å². The Hall–Kier alpha value is -0.920. The second kappa shape index (κ2) is 4.40. The minimum Gasteiger partial charge on any atom is -0.478 e. The van der Waals surface area contributed by atoms with Gasteiger partial charge in [-0.25, -0.2) is 13.2 Å². The quantitative estimate of drug-likeness (QED) is 0.909. The molecule has 1 unspecified atom stereocenters. The summed E-state index contributed by atoms with van der Waals surface area (Å²) in [4.78, 5) is 10.7. The van der Waals surface area contributed by atoms with Crippen LogP contribution >= 0.6 is 11.3 Å². The lowest BCUT2D eigenvalue weighted by atomic mass is 10.3. The van der Waals surface area contributed by atoms with E-state index < -0.39 is 16.0 Å². The molecule has 94 valence electrons. The lowest BCUT2D eigenvalue weighted by molar-refractivity contribution is 0.0697. The van der Waals surface area contributed by atoms with Gasteiger partial charge in [-0.15, -0.1) is 11.3 Å². The molecule has 7 heteroatoms. The normalized spacial score (nSPS) is 21.8. The SMILES string of the molecule is CC1CCCN1S(=O)(=O)c1cc(C(=O)O)cs1. The summed E-state index contributed by atoms with van der Waals surface area (Å²) >= 11 is 0.963. The van der Waals surface area contributed by atoms with E-state index in [2.05, 4.69) is 0 Å². The van der Waals surface area contributed by atoms with E-state index in [9.17, 15) is 13.2 Å². The molecule has 0 radical (unpaired) electrons. The molecule has 0 saturated carbocycles. The number of thiophene rings is 1. The summed E-state index contributed by atoms with van der Waals surface area (Å²) < 4.78 is 26.0. The van der Waals surface area contributed by atoms with Crippen molar-refractivity contribution in [3.63, 3.8) is 0 Å². The van der Waals surface area contributed by atoms with Crippen molar-refractivity contribution in [1.29, 1.82) is 0 Å². The van der Waals surface area contributed by atoms with Crippen molar-refractivity contribution in [2.75, 3.05) is 6.54 Å². The Labute approximate surface area is 104 Å². The number of carboxylic acids is 1. The van der Waals surface area contributed by atoms with Gasteiger partial charge < -0.3 is 5.11 Å². The van der Waals surface area contributed by atoms with Crippen LogP contribution < -0.4 is 0 Å². The third kappa shape index (κ3) is 2.22. The molecule has 1 saturated heterocycles. The Bertz CT molecular complexity index is 534. The second-order valence-corrected chi connectivity index (χ2v) is 7.10. The van der Waals surface area contributed by atoms with Crippen molar-refractivity contribution in [2.24, 2.45) is 0 Å². The maximum atomic E-state index is 12.2. The summed E-state index contributed by atoms with van der Waals surface area (Å²) in [5.41, 5.74) is 0.0282. The van der Waals surface area contributed by atoms with Crippen LogP contribution in [0.25, 0.3) is 0 Å². The highest BCUT2D eigenvalue weighted by atomic mass is 32.2. The predicted octanol–water partition coefficient (Wildman–Crippen LogP) is 1.62. The Morgan fingerprint density at radius 2 is 2.29 bits per heavy atom. The highest BCUT2D eigenvalue weighted by Gasteiger charge is 2.33. The van der Waals surface area contributed by atoms with Gasteiger partial charge in [0, 0.05) is 18.0 Å². The molecule has 0 bridgehead atoms. The second-order valence-electron chi connectivity index (χ2n) is 4.07. The van der Waals surface area contributed by atoms with Gasteiger partial charge >= 0.3 is 5.97 Å². The number of carbonyl (C=O) groups is 1. The van der Waals surface area contributed by atoms with Gasteiger partial charge in [0.2, 0.25) is 0 Å². The molecule has 0 amide bonds. The van der Waals surface area contributed by atoms with Gasteiger partial charge in [0.15, 0.2) is 0 Å². The monoisotopic (exact) mass is 275 g/mol. The van der Waals surface area contributed by atoms with Crippen LogP contribution in [0.3, 0.4) is 0 Å². The standard InChI is InChI=1S/C10H13NO4S2/c1-7-3-2-4-11(7)17(14,15)9-5-8(6-16-9)10(12)13/h5-7H,2-4H2,1H3,(H,12,13). The molecule has 2 rings (SSSR count). The van der Waals surface area contributed by atoms with Gasteiger partial charge in [0.1, 0.15) is 4.21 Å². The van der Waals surface area contributed by atoms with E-state index in [-0.39, 0.29) is 15.8 Å². The Kier molecular flexibility index (Phi) is 3.24. The van der Waals surface area contributed by atoms with E-state index in [4.69, 9.17) is 5.11 Å². The fourth-order valence-electron chi connectivity index (χ4n) is 1.94. The molecule has 0 aliphatic carbocycles. The molecule has 1 aromatic rings. The van der Waals surface area contributed by atoms with E-state index in [1.807, 2.05) is 6.92 Å². The maximum Gasteiger partial charge on any atom is 0.336 e. The Morgan fingerprint density at radius 3 is 2.76 bits per heavy atom. The van der Waals surface area contributed by atoms with Crippen molar-refractivity contribution < 1.29 is 18.3 Å². The molecule has 5 nitrogen and oxygen atoms in total. The number of hydrogen-bond acceptors (Lipinski definition) is 4. The molecule has 0 spiro atoms. The van der Waals surface area contributed by atoms with Crippen LogP contribution in [0.15, 0.2) is 15.7 Å². The average Bonchev–Trinajstić information content (AvgIpc) is 2.84. The molecule has 1 aliphatic rings. The highest BCUT2D eigenvalue weighted by molar-refractivity contribution is 7.91. The molecule has 1 fully saturated rings. The first-order valence-electron chi connectivity index (χ1n) is 5.26. The molecular weight excluding hydrogens is 262 g/mol. The predicted molar refractivity (Wildman–Crippen MR) is 63.9 cm³/mol. The van der Waals surface area contributed by atoms with Crippen molar-refractivity contribution >= 4 is 27.3 Å². The maximum absolute atomic E-state index is 12.2. The Morgan fingerprint density at radius 1 is 1.59 bits per heavy atom. The summed E-state index contributed by atoms with van der Waals surface area (Å²) in [6.07, 6.45) is 1.72. The Balaban J connectivity index is 2.34. The van der Waals surface area contributed by atoms with Crippen molar-refractivity contribution in [3.05, 3.63) is 17.0 Å². The number of nitrogens with zero attached hydrogens (tertiary/aromatic N) is 1. The molecule has 1 aromatic heterocycles. The third-order valence-corrected chi connectivity index (χ3v) is 6.31. The zero-order valence-corrected chi connectivity index (χ0v) is 10.9. The molecule has 0 aromatic carbocycles. The van der Waals surface area contributed by atoms with Crippen molar-refractivity contribution in [3.8, 4) is 0 Å². The average molecular weight is 275 g/mol. The lowest BCUT2D eigenvalue weighted by Gasteiger charge is -2.19. The third-order valence-electron chi connectivity index (χ3n) is 2.88. The zero-order chi connectivity index (χ0) is 12.6. The van der Waals surface area contributed by atoms with Crippen molar-refractivity contribution in [1.82, 2.24) is 4.31 Å². The topological polar surface area (TPSA) is 74.7 Å². The van der Waals surface area contributed by atoms with Gasteiger partial charge in [0.05, 0.1) is 5.56 Å². The first-order valence-corrected chi connectivity index (χ1v) is 7.58. The van der Waals surface area contributed by atoms with Crippen LogP contribution in [0.2, 0.25) is 0 Å². The molecule has 17 heavy (non-hydrogen) atoms. The summed E-state index contributed by atoms with van der Waals surface area (Å²) in [5.74, 6) is -1.10. The van der Waals surface area contributed by atoms with E-state index >= 15 is 0 Å². The van der Waals surface area contributed by atoms with Gasteiger partial charge in [-0.05, 0) is 25.8 Å². The molecular formula is C10H13NO4S2. The lowest BCUT2D eigenvalue weighted by Crippen LogP contribution is -2.33. The van der Waals surface area contributed by atoms with Gasteiger partial charge in [-0.1, -0.05) is 0 Å². The minimum absolute atomic E-state index is 0.00428. The van der Waals surface area contributed by atoms with Gasteiger partial charge in [0.25, 0.3) is 10.0 Å². The first-order chi connectivity index (χ1) is 7.93. The van der Waals surface area contributed by atoms with Crippen LogP contribution in [0, 0.1) is 0 Å². The van der Waals surface area contributed by atoms with E-state index in [1.54, 1.807) is 0 Å². The molecule has 1 aliphatic heterocycles. The molecule has 2 heterocycles. The van der Waals surface area contributed by atoms with Crippen LogP contribution in [-0.2, 0) is 10.0 Å². The van der Waals surface area contributed by atoms with E-state index in [0.717, 1.165) is 24.2 Å². The summed E-state index contributed by atoms with van der Waals surface area (Å²) in [6, 6.07) is 1.23. The number of aromatic carboxylic acids is 1. The minimum atomic E-state index is -3.51. The number of carboxylic acid groups (broad SMARTS) is 1. The number of hydrogen-bond donors (Lipinski definition) is 1. The summed E-state index contributed by atoms with van der Waals surface area (Å²) in [5, 5.41) is 10.1. The zero-order valence-electron chi connectivity index (χ0n) is 9.29. The van der Waals surface area contributed by atoms with Crippen LogP contribution in [0.4, 0.5) is 0 Å². The first kappa shape index (κ1) is 12.5. The summed E-state index contributed by atoms with van der Waals surface area (Å²) in [7, 11) is -3.51. The number of sulfonamides is 1. The van der Waals surface area contributed by atoms with Crippen LogP contribution in [0.1, 0.15) is 30.1 Å². The fourth-order valence-corrected chi connectivity index (χ4v) is 4.92. The van der Waals surface area contributed by atoms with Crippen LogP contribution in [0.5, 0.6) is 0 Å². The fraction of sp³-hybridized carbons (Fsp3) is 0.500. The molecule has 1 atom stereocenters. The molecule has 1 N–H and O–H groups in total. The summed E-state index contributed by atoms with van der Waals surface area (Å²) in [6.45, 7) is 2.39. The van der Waals surface area contributed by atoms with E-state index in [1.165, 1.54) is 15.8 Å². The van der Waals surface area contributed by atoms with Crippen LogP contribution in [-0.4, -0.2) is 36.4 Å². The highest BCUT2D eigenvalue weighted by Crippen LogP contribution is 2.29. The smallest absolute Gasteiger partial charge is 0.336 e. The van der Waals surface area contributed by atoms with Gasteiger partial charge in [-0.2, -0.15) is 4.31 Å².